The molecule has 3 aromatic rings. The number of hydrogen-bond donors (Lipinski definition) is 3. The van der Waals surface area contributed by atoms with Crippen LogP contribution in [0.15, 0.2) is 55.3 Å². The van der Waals surface area contributed by atoms with Crippen LogP contribution in [0.25, 0.3) is 6.08 Å². The number of ether oxygens (including phenoxy) is 2. The minimum absolute atomic E-state index is 0.641. The van der Waals surface area contributed by atoms with Crippen molar-refractivity contribution in [2.24, 2.45) is 5.73 Å². The third-order valence-corrected chi connectivity index (χ3v) is 4.43. The van der Waals surface area contributed by atoms with Crippen molar-refractivity contribution in [3.63, 3.8) is 0 Å². The molecule has 8 heteroatoms. The van der Waals surface area contributed by atoms with Crippen LogP contribution in [0, 0.1) is 0 Å². The number of pyridine rings is 3. The van der Waals surface area contributed by atoms with Crippen molar-refractivity contribution in [2.75, 3.05) is 24.9 Å². The summed E-state index contributed by atoms with van der Waals surface area (Å²) in [6, 6.07) is 5.65. The van der Waals surface area contributed by atoms with Gasteiger partial charge in [0, 0.05) is 17.8 Å². The zero-order chi connectivity index (χ0) is 19.6. The highest BCUT2D eigenvalue weighted by Gasteiger charge is 2.29. The van der Waals surface area contributed by atoms with Crippen LogP contribution in [0.5, 0.6) is 11.5 Å². The number of nitrogens with zero attached hydrogens (tertiary/aromatic N) is 3. The van der Waals surface area contributed by atoms with Gasteiger partial charge in [-0.3, -0.25) is 15.0 Å². The molecule has 4 heterocycles. The van der Waals surface area contributed by atoms with Gasteiger partial charge < -0.3 is 25.8 Å². The number of methoxy groups -OCH3 is 2. The van der Waals surface area contributed by atoms with Crippen LogP contribution in [0.3, 0.4) is 0 Å². The van der Waals surface area contributed by atoms with Crippen molar-refractivity contribution in [3.8, 4) is 11.5 Å². The molecule has 0 fully saturated rings. The molecular weight excluding hydrogens is 356 g/mol. The van der Waals surface area contributed by atoms with Crippen LogP contribution < -0.4 is 25.8 Å². The summed E-state index contributed by atoms with van der Waals surface area (Å²) >= 11 is 0. The second-order valence-electron chi connectivity index (χ2n) is 6.34. The van der Waals surface area contributed by atoms with E-state index in [-0.39, 0.29) is 0 Å². The Balaban J connectivity index is 1.61. The highest BCUT2D eigenvalue weighted by molar-refractivity contribution is 5.75. The Kier molecular flexibility index (Phi) is 4.54. The van der Waals surface area contributed by atoms with E-state index in [9.17, 15) is 0 Å². The van der Waals surface area contributed by atoms with Crippen molar-refractivity contribution >= 4 is 23.1 Å². The molecule has 0 bridgehead atoms. The zero-order valence-corrected chi connectivity index (χ0v) is 15.5. The summed E-state index contributed by atoms with van der Waals surface area (Å²) in [5.74, 6) is 1.31. The van der Waals surface area contributed by atoms with Crippen LogP contribution in [0.1, 0.15) is 11.3 Å². The molecule has 1 aliphatic heterocycles. The fourth-order valence-electron chi connectivity index (χ4n) is 2.94. The summed E-state index contributed by atoms with van der Waals surface area (Å²) in [7, 11) is 3.20. The van der Waals surface area contributed by atoms with E-state index in [4.69, 9.17) is 15.2 Å². The van der Waals surface area contributed by atoms with Crippen molar-refractivity contribution in [2.45, 2.75) is 5.66 Å². The fraction of sp³-hybridized carbons (Fsp3) is 0.150. The Morgan fingerprint density at radius 1 is 0.929 bits per heavy atom. The number of rotatable bonds is 5. The first-order valence-electron chi connectivity index (χ1n) is 8.61. The molecule has 142 valence electrons. The summed E-state index contributed by atoms with van der Waals surface area (Å²) in [4.78, 5) is 12.8. The Hall–Kier alpha value is -3.65. The highest BCUT2D eigenvalue weighted by atomic mass is 16.5. The summed E-state index contributed by atoms with van der Waals surface area (Å²) in [5, 5.41) is 6.61. The van der Waals surface area contributed by atoms with Crippen molar-refractivity contribution in [1.82, 2.24) is 15.0 Å². The van der Waals surface area contributed by atoms with Crippen molar-refractivity contribution in [3.05, 3.63) is 66.5 Å². The molecule has 0 saturated carbocycles. The van der Waals surface area contributed by atoms with Crippen LogP contribution in [0.4, 0.5) is 17.1 Å². The molecule has 0 saturated heterocycles. The normalized spacial score (nSPS) is 17.4. The van der Waals surface area contributed by atoms with E-state index in [1.165, 1.54) is 0 Å². The van der Waals surface area contributed by atoms with E-state index in [0.29, 0.717) is 11.5 Å². The van der Waals surface area contributed by atoms with Gasteiger partial charge in [0.15, 0.2) is 0 Å². The molecule has 0 spiro atoms. The number of nitrogens with two attached hydrogens (primary N) is 1. The van der Waals surface area contributed by atoms with Crippen LogP contribution in [-0.2, 0) is 5.66 Å². The average Bonchev–Trinajstić information content (AvgIpc) is 2.73. The van der Waals surface area contributed by atoms with Gasteiger partial charge in [-0.1, -0.05) is 0 Å². The molecule has 1 atom stereocenters. The van der Waals surface area contributed by atoms with E-state index in [0.717, 1.165) is 28.3 Å². The lowest BCUT2D eigenvalue weighted by Gasteiger charge is -2.32. The lowest BCUT2D eigenvalue weighted by Crippen LogP contribution is -2.44. The van der Waals surface area contributed by atoms with E-state index in [1.807, 2.05) is 30.4 Å². The van der Waals surface area contributed by atoms with E-state index >= 15 is 0 Å². The number of hydrogen-bond acceptors (Lipinski definition) is 8. The van der Waals surface area contributed by atoms with Gasteiger partial charge in [-0.15, -0.1) is 0 Å². The quantitative estimate of drug-likeness (QED) is 0.624. The van der Waals surface area contributed by atoms with Gasteiger partial charge in [-0.2, -0.15) is 0 Å². The fourth-order valence-corrected chi connectivity index (χ4v) is 2.94. The van der Waals surface area contributed by atoms with E-state index < -0.39 is 5.66 Å². The van der Waals surface area contributed by atoms with Crippen LogP contribution in [-0.4, -0.2) is 29.2 Å². The van der Waals surface area contributed by atoms with Gasteiger partial charge in [0.05, 0.1) is 61.8 Å². The Labute approximate surface area is 162 Å². The molecule has 0 amide bonds. The third kappa shape index (κ3) is 3.45. The molecule has 28 heavy (non-hydrogen) atoms. The number of aromatic nitrogens is 3. The Morgan fingerprint density at radius 3 is 2.43 bits per heavy atom. The first-order chi connectivity index (χ1) is 13.6. The molecule has 0 aliphatic carbocycles. The smallest absolute Gasteiger partial charge is 0.139 e. The van der Waals surface area contributed by atoms with Crippen molar-refractivity contribution in [1.29, 1.82) is 0 Å². The second-order valence-corrected chi connectivity index (χ2v) is 6.34. The number of anilines is 3. The van der Waals surface area contributed by atoms with Gasteiger partial charge in [-0.05, 0) is 24.3 Å². The zero-order valence-electron chi connectivity index (χ0n) is 15.5. The van der Waals surface area contributed by atoms with Crippen molar-refractivity contribution < 1.29 is 9.47 Å². The second kappa shape index (κ2) is 7.16. The van der Waals surface area contributed by atoms with Gasteiger partial charge >= 0.3 is 0 Å². The monoisotopic (exact) mass is 376 g/mol. The first kappa shape index (κ1) is 17.7. The standard InChI is InChI=1S/C20H20N6O2/c1-27-16-5-13(8-22-11-16)20(21)4-3-18-19(26-20)7-15(10-24-18)25-14-6-17(28-2)12-23-9-14/h3-12,25-26H,21H2,1-2H3. The van der Waals surface area contributed by atoms with Crippen LogP contribution >= 0.6 is 0 Å². The molecule has 8 nitrogen and oxygen atoms in total. The molecule has 1 unspecified atom stereocenters. The van der Waals surface area contributed by atoms with Crippen LogP contribution in [0.2, 0.25) is 0 Å². The largest absolute Gasteiger partial charge is 0.495 e. The summed E-state index contributed by atoms with van der Waals surface area (Å²) in [6.07, 6.45) is 12.2. The summed E-state index contributed by atoms with van der Waals surface area (Å²) in [6.45, 7) is 0. The molecule has 0 radical (unpaired) electrons. The maximum absolute atomic E-state index is 6.59. The minimum atomic E-state index is -0.924. The molecule has 4 N–H and O–H groups in total. The molecular formula is C20H20N6O2. The maximum Gasteiger partial charge on any atom is 0.139 e. The molecule has 1 aliphatic rings. The first-order valence-corrected chi connectivity index (χ1v) is 8.61. The predicted octanol–water partition coefficient (Wildman–Crippen LogP) is 2.88. The number of nitrogens with one attached hydrogen (secondary N) is 2. The Bertz CT molecular complexity index is 1040. The van der Waals surface area contributed by atoms with Gasteiger partial charge in [-0.25, -0.2) is 0 Å². The van der Waals surface area contributed by atoms with Gasteiger partial charge in [0.2, 0.25) is 0 Å². The minimum Gasteiger partial charge on any atom is -0.495 e. The highest BCUT2D eigenvalue weighted by Crippen LogP contribution is 2.33. The predicted molar refractivity (Wildman–Crippen MR) is 108 cm³/mol. The topological polar surface area (TPSA) is 107 Å². The van der Waals surface area contributed by atoms with E-state index in [1.54, 1.807) is 45.2 Å². The van der Waals surface area contributed by atoms with Gasteiger partial charge in [0.25, 0.3) is 0 Å². The lowest BCUT2D eigenvalue weighted by molar-refractivity contribution is 0.411. The van der Waals surface area contributed by atoms with Gasteiger partial charge in [0.1, 0.15) is 17.2 Å². The summed E-state index contributed by atoms with van der Waals surface area (Å²) < 4.78 is 10.5. The summed E-state index contributed by atoms with van der Waals surface area (Å²) in [5.41, 5.74) is 9.63. The lowest BCUT2D eigenvalue weighted by atomic mass is 9.97. The molecule has 0 aromatic carbocycles. The third-order valence-electron chi connectivity index (χ3n) is 4.43. The number of fused-ring (bicyclic) bond motifs is 1. The maximum atomic E-state index is 6.59. The SMILES string of the molecule is COc1cncc(Nc2cnc3c(c2)NC(N)(c2cncc(OC)c2)C=C3)c1. The Morgan fingerprint density at radius 2 is 1.64 bits per heavy atom. The average molecular weight is 376 g/mol. The molecule has 3 aromatic heterocycles. The molecule has 4 rings (SSSR count). The van der Waals surface area contributed by atoms with E-state index in [2.05, 4.69) is 25.6 Å².